The van der Waals surface area contributed by atoms with Crippen molar-refractivity contribution in [2.24, 2.45) is 5.10 Å². The number of unbranched alkanes of at least 4 members (excludes halogenated alkanes) is 1. The van der Waals surface area contributed by atoms with Gasteiger partial charge in [0.25, 0.3) is 0 Å². The minimum atomic E-state index is -0.306. The molecule has 4 rings (SSSR count). The van der Waals surface area contributed by atoms with Crippen LogP contribution >= 0.6 is 11.8 Å². The number of carbonyl (C=O) groups excluding carboxylic acids is 1. The lowest BCUT2D eigenvalue weighted by Gasteiger charge is -2.13. The van der Waals surface area contributed by atoms with Crippen LogP contribution in [0.1, 0.15) is 30.9 Å². The number of benzene rings is 3. The van der Waals surface area contributed by atoms with Crippen LogP contribution in [0.15, 0.2) is 99.9 Å². The molecule has 8 heteroatoms. The van der Waals surface area contributed by atoms with Crippen LogP contribution in [0.3, 0.4) is 0 Å². The molecule has 0 atom stereocenters. The van der Waals surface area contributed by atoms with Gasteiger partial charge in [0.05, 0.1) is 11.4 Å². The van der Waals surface area contributed by atoms with Gasteiger partial charge in [-0.1, -0.05) is 49.4 Å². The molecule has 0 fully saturated rings. The van der Waals surface area contributed by atoms with Gasteiger partial charge < -0.3 is 15.7 Å². The second-order valence-electron chi connectivity index (χ2n) is 8.90. The zero-order chi connectivity index (χ0) is 26.9. The van der Waals surface area contributed by atoms with Gasteiger partial charge in [0.15, 0.2) is 0 Å². The lowest BCUT2D eigenvalue weighted by Crippen LogP contribution is -2.19. The van der Waals surface area contributed by atoms with Crippen LogP contribution in [-0.2, 0) is 6.42 Å². The number of hydrogen-bond donors (Lipinski definition) is 5. The van der Waals surface area contributed by atoms with Crippen LogP contribution in [0.25, 0.3) is 0 Å². The average Bonchev–Trinajstić information content (AvgIpc) is 2.90. The number of thioether (sulfide) groups is 1. The van der Waals surface area contributed by atoms with E-state index in [0.717, 1.165) is 45.9 Å². The first-order valence-corrected chi connectivity index (χ1v) is 13.3. The molecule has 0 bridgehead atoms. The van der Waals surface area contributed by atoms with Gasteiger partial charge in [0.2, 0.25) is 0 Å². The van der Waals surface area contributed by atoms with Crippen LogP contribution in [0.5, 0.6) is 5.75 Å². The smallest absolute Gasteiger partial charge is 0.323 e. The Kier molecular flexibility index (Phi) is 9.00. The summed E-state index contributed by atoms with van der Waals surface area (Å²) >= 11 is 1.52. The first-order chi connectivity index (χ1) is 18.4. The summed E-state index contributed by atoms with van der Waals surface area (Å²) in [6.07, 6.45) is 8.32. The molecule has 0 unspecified atom stereocenters. The van der Waals surface area contributed by atoms with Crippen LogP contribution in [-0.4, -0.2) is 22.6 Å². The van der Waals surface area contributed by atoms with E-state index in [4.69, 9.17) is 5.41 Å². The van der Waals surface area contributed by atoms with E-state index in [1.165, 1.54) is 11.8 Å². The van der Waals surface area contributed by atoms with E-state index in [1.54, 1.807) is 12.2 Å². The van der Waals surface area contributed by atoms with E-state index in [2.05, 4.69) is 28.1 Å². The molecule has 38 heavy (non-hydrogen) atoms. The summed E-state index contributed by atoms with van der Waals surface area (Å²) in [6.45, 7) is 4.11. The van der Waals surface area contributed by atoms with E-state index >= 15 is 0 Å². The number of amides is 2. The number of hydrogen-bond acceptors (Lipinski definition) is 6. The van der Waals surface area contributed by atoms with Crippen molar-refractivity contribution in [3.05, 3.63) is 101 Å². The topological polar surface area (TPSA) is 110 Å². The van der Waals surface area contributed by atoms with Crippen molar-refractivity contribution in [3.63, 3.8) is 0 Å². The minimum Gasteiger partial charge on any atom is -0.505 e. The van der Waals surface area contributed by atoms with Crippen molar-refractivity contribution >= 4 is 46.3 Å². The Morgan fingerprint density at radius 1 is 1.00 bits per heavy atom. The Hall–Kier alpha value is -4.30. The minimum absolute atomic E-state index is 0.210. The van der Waals surface area contributed by atoms with E-state index in [0.29, 0.717) is 17.1 Å². The zero-order valence-electron chi connectivity index (χ0n) is 21.4. The molecule has 3 aromatic rings. The highest BCUT2D eigenvalue weighted by Gasteiger charge is 2.12. The predicted octanol–water partition coefficient (Wildman–Crippen LogP) is 7.72. The molecule has 7 nitrogen and oxygen atoms in total. The van der Waals surface area contributed by atoms with Gasteiger partial charge in [-0.05, 0) is 91.6 Å². The molecule has 0 radical (unpaired) electrons. The highest BCUT2D eigenvalue weighted by atomic mass is 32.2. The highest BCUT2D eigenvalue weighted by Crippen LogP contribution is 2.32. The number of urea groups is 1. The monoisotopic (exact) mass is 525 g/mol. The Balaban J connectivity index is 1.34. The summed E-state index contributed by atoms with van der Waals surface area (Å²) in [4.78, 5) is 14.1. The number of hydrazone groups is 1. The number of nitrogens with zero attached hydrogens (tertiary/aromatic N) is 1. The fourth-order valence-electron chi connectivity index (χ4n) is 3.85. The molecule has 0 heterocycles. The number of aromatic hydroxyl groups is 1. The number of aryl methyl sites for hydroxylation is 2. The second-order valence-corrected chi connectivity index (χ2v) is 10.0. The van der Waals surface area contributed by atoms with E-state index in [9.17, 15) is 9.90 Å². The number of phenolic OH excluding ortho intramolecular Hbond substituents is 1. The van der Waals surface area contributed by atoms with Crippen LogP contribution < -0.4 is 16.1 Å². The fraction of sp³-hybridized carbons (Fsp3) is 0.167. The molecular formula is C30H31N5O2S. The fourth-order valence-corrected chi connectivity index (χ4v) is 4.71. The molecule has 194 valence electrons. The molecule has 0 aliphatic heterocycles. The second kappa shape index (κ2) is 12.8. The van der Waals surface area contributed by atoms with Gasteiger partial charge in [-0.2, -0.15) is 5.10 Å². The van der Waals surface area contributed by atoms with Crippen LogP contribution in [0.2, 0.25) is 0 Å². The van der Waals surface area contributed by atoms with E-state index in [1.807, 2.05) is 79.7 Å². The van der Waals surface area contributed by atoms with Gasteiger partial charge in [-0.25, -0.2) is 4.79 Å². The van der Waals surface area contributed by atoms with Crippen LogP contribution in [0, 0.1) is 12.3 Å². The summed E-state index contributed by atoms with van der Waals surface area (Å²) < 4.78 is 0. The van der Waals surface area contributed by atoms with Crippen molar-refractivity contribution in [2.75, 3.05) is 16.1 Å². The predicted molar refractivity (Wildman–Crippen MR) is 159 cm³/mol. The number of nitrogens with one attached hydrogen (secondary N) is 4. The van der Waals surface area contributed by atoms with Gasteiger partial charge in [0, 0.05) is 21.2 Å². The maximum atomic E-state index is 12.2. The van der Waals surface area contributed by atoms with Gasteiger partial charge in [-0.15, -0.1) is 0 Å². The summed E-state index contributed by atoms with van der Waals surface area (Å²) in [7, 11) is 0. The molecule has 3 aromatic carbocycles. The Bertz CT molecular complexity index is 1400. The molecule has 0 aromatic heterocycles. The lowest BCUT2D eigenvalue weighted by atomic mass is 10.0. The lowest BCUT2D eigenvalue weighted by molar-refractivity contribution is 0.262. The maximum absolute atomic E-state index is 12.2. The molecule has 2 amide bonds. The van der Waals surface area contributed by atoms with Crippen molar-refractivity contribution in [3.8, 4) is 5.75 Å². The number of rotatable bonds is 9. The number of para-hydroxylation sites is 1. The summed E-state index contributed by atoms with van der Waals surface area (Å²) in [5.41, 5.74) is 7.59. The Morgan fingerprint density at radius 2 is 1.71 bits per heavy atom. The summed E-state index contributed by atoms with van der Waals surface area (Å²) in [5, 5.41) is 29.0. The third-order valence-corrected chi connectivity index (χ3v) is 6.77. The van der Waals surface area contributed by atoms with Gasteiger partial charge in [0.1, 0.15) is 11.5 Å². The SMILES string of the molecule is CCCCc1cc(C)cc(N/N=C2/C=CC(Sc3ccc(NC(=O)Nc4ccccc4)cc3)=CC2=N)c1O. The van der Waals surface area contributed by atoms with Crippen molar-refractivity contribution in [1.29, 1.82) is 5.41 Å². The quantitative estimate of drug-likeness (QED) is 0.112. The molecular weight excluding hydrogens is 494 g/mol. The van der Waals surface area contributed by atoms with Crippen molar-refractivity contribution in [1.82, 2.24) is 0 Å². The number of anilines is 3. The van der Waals surface area contributed by atoms with Crippen LogP contribution in [0.4, 0.5) is 21.9 Å². The molecule has 5 N–H and O–H groups in total. The zero-order valence-corrected chi connectivity index (χ0v) is 22.2. The molecule has 0 saturated carbocycles. The normalized spacial score (nSPS) is 13.8. The van der Waals surface area contributed by atoms with E-state index in [-0.39, 0.29) is 17.5 Å². The highest BCUT2D eigenvalue weighted by molar-refractivity contribution is 8.03. The number of phenols is 1. The molecule has 1 aliphatic rings. The van der Waals surface area contributed by atoms with Crippen molar-refractivity contribution in [2.45, 2.75) is 38.0 Å². The first kappa shape index (κ1) is 26.8. The summed E-state index contributed by atoms with van der Waals surface area (Å²) in [6, 6.07) is 20.3. The standard InChI is InChI=1S/C30H31N5O2S/c1-3-4-8-21-17-20(2)18-28(29(21)36)35-34-27-16-15-25(19-26(27)31)38-24-13-11-23(12-14-24)33-30(37)32-22-9-6-5-7-10-22/h5-7,9-19,31,35-36H,3-4,8H2,1-2H3,(H2,32,33,37)/b31-26?,34-27-. The molecule has 0 spiro atoms. The Labute approximate surface area is 227 Å². The van der Waals surface area contributed by atoms with Gasteiger partial charge in [-0.3, -0.25) is 10.8 Å². The number of allylic oxidation sites excluding steroid dienone is 3. The first-order valence-electron chi connectivity index (χ1n) is 12.5. The average molecular weight is 526 g/mol. The van der Waals surface area contributed by atoms with Gasteiger partial charge >= 0.3 is 6.03 Å². The third-order valence-electron chi connectivity index (χ3n) is 5.78. The maximum Gasteiger partial charge on any atom is 0.323 e. The molecule has 0 saturated heterocycles. The largest absolute Gasteiger partial charge is 0.505 e. The number of carbonyl (C=O) groups is 1. The molecule has 1 aliphatic carbocycles. The van der Waals surface area contributed by atoms with Crippen molar-refractivity contribution < 1.29 is 9.90 Å². The third kappa shape index (κ3) is 7.36. The summed E-state index contributed by atoms with van der Waals surface area (Å²) in [5.74, 6) is 0.210. The van der Waals surface area contributed by atoms with E-state index < -0.39 is 0 Å². The Morgan fingerprint density at radius 3 is 2.39 bits per heavy atom.